The van der Waals surface area contributed by atoms with Crippen molar-refractivity contribution in [3.8, 4) is 44.5 Å². The molecule has 10 rings (SSSR count). The molecule has 0 spiro atoms. The maximum Gasteiger partial charge on any atom is 0.137 e. The minimum Gasteiger partial charge on any atom is -0.456 e. The van der Waals surface area contributed by atoms with E-state index >= 15 is 0 Å². The fourth-order valence-electron chi connectivity index (χ4n) is 8.36. The fourth-order valence-corrected chi connectivity index (χ4v) is 8.36. The summed E-state index contributed by atoms with van der Waals surface area (Å²) >= 11 is 0. The minimum absolute atomic E-state index is 0.131. The Kier molecular flexibility index (Phi) is 7.19. The van der Waals surface area contributed by atoms with Crippen LogP contribution in [0.1, 0.15) is 25.0 Å². The van der Waals surface area contributed by atoms with Crippen molar-refractivity contribution in [2.75, 3.05) is 4.90 Å². The average molecular weight is 680 g/mol. The van der Waals surface area contributed by atoms with E-state index in [9.17, 15) is 0 Å². The number of anilines is 3. The molecule has 53 heavy (non-hydrogen) atoms. The van der Waals surface area contributed by atoms with Crippen LogP contribution in [0, 0.1) is 0 Å². The van der Waals surface area contributed by atoms with E-state index < -0.39 is 0 Å². The lowest BCUT2D eigenvalue weighted by atomic mass is 9.82. The van der Waals surface area contributed by atoms with Gasteiger partial charge in [0.2, 0.25) is 0 Å². The van der Waals surface area contributed by atoms with Crippen LogP contribution in [0.5, 0.6) is 0 Å². The van der Waals surface area contributed by atoms with Crippen molar-refractivity contribution in [1.82, 2.24) is 0 Å². The highest BCUT2D eigenvalue weighted by Gasteiger charge is 2.36. The second kappa shape index (κ2) is 12.3. The van der Waals surface area contributed by atoms with Crippen LogP contribution >= 0.6 is 0 Å². The Morgan fingerprint density at radius 2 is 0.943 bits per heavy atom. The highest BCUT2D eigenvalue weighted by molar-refractivity contribution is 6.06. The Labute approximate surface area is 310 Å². The summed E-state index contributed by atoms with van der Waals surface area (Å²) < 4.78 is 6.47. The number of benzene rings is 8. The van der Waals surface area contributed by atoms with Gasteiger partial charge in [-0.15, -0.1) is 0 Å². The Morgan fingerprint density at radius 1 is 0.377 bits per heavy atom. The molecule has 0 amide bonds. The number of hydrogen-bond donors (Lipinski definition) is 0. The quantitative estimate of drug-likeness (QED) is 0.174. The standard InChI is InChI=1S/C51H37NO/c1-51(2)46-19-11-9-17-41(46)42-28-26-39(32-47(42)51)52(40-27-29-44-43-18-10-12-20-49(43)53-50(44)33-40)48-30-25-38(31-45(48)37-15-7-4-8-16-37)36-23-21-35(22-24-36)34-13-5-3-6-14-34/h3-33H,1-2H3. The van der Waals surface area contributed by atoms with E-state index in [2.05, 4.69) is 195 Å². The first kappa shape index (κ1) is 31.1. The van der Waals surface area contributed by atoms with Crippen LogP contribution in [0.15, 0.2) is 192 Å². The lowest BCUT2D eigenvalue weighted by Gasteiger charge is -2.30. The van der Waals surface area contributed by atoms with E-state index in [1.807, 2.05) is 12.1 Å². The molecule has 9 aromatic rings. The monoisotopic (exact) mass is 679 g/mol. The highest BCUT2D eigenvalue weighted by atomic mass is 16.3. The number of fused-ring (bicyclic) bond motifs is 6. The summed E-state index contributed by atoms with van der Waals surface area (Å²) in [4.78, 5) is 2.41. The van der Waals surface area contributed by atoms with Crippen LogP contribution in [0.25, 0.3) is 66.4 Å². The van der Waals surface area contributed by atoms with Gasteiger partial charge in [0, 0.05) is 39.2 Å². The molecule has 0 bridgehead atoms. The topological polar surface area (TPSA) is 16.4 Å². The van der Waals surface area contributed by atoms with E-state index in [1.54, 1.807) is 0 Å². The molecule has 0 radical (unpaired) electrons. The predicted octanol–water partition coefficient (Wildman–Crippen LogP) is 14.4. The Bertz CT molecular complexity index is 2790. The number of nitrogens with zero attached hydrogens (tertiary/aromatic N) is 1. The minimum atomic E-state index is -0.131. The first-order valence-corrected chi connectivity index (χ1v) is 18.3. The zero-order chi connectivity index (χ0) is 35.5. The van der Waals surface area contributed by atoms with Crippen LogP contribution in [-0.2, 0) is 5.41 Å². The first-order valence-electron chi connectivity index (χ1n) is 18.3. The van der Waals surface area contributed by atoms with E-state index in [0.29, 0.717) is 0 Å². The van der Waals surface area contributed by atoms with E-state index in [-0.39, 0.29) is 5.41 Å². The van der Waals surface area contributed by atoms with E-state index in [1.165, 1.54) is 44.5 Å². The molecule has 0 N–H and O–H groups in total. The smallest absolute Gasteiger partial charge is 0.137 e. The largest absolute Gasteiger partial charge is 0.456 e. The maximum atomic E-state index is 6.47. The molecule has 0 fully saturated rings. The normalized spacial score (nSPS) is 12.9. The van der Waals surface area contributed by atoms with Crippen LogP contribution in [-0.4, -0.2) is 0 Å². The van der Waals surface area contributed by atoms with Gasteiger partial charge < -0.3 is 9.32 Å². The molecule has 1 heterocycles. The molecule has 8 aromatic carbocycles. The molecule has 2 nitrogen and oxygen atoms in total. The first-order chi connectivity index (χ1) is 26.0. The maximum absolute atomic E-state index is 6.47. The predicted molar refractivity (Wildman–Crippen MR) is 222 cm³/mol. The van der Waals surface area contributed by atoms with Crippen molar-refractivity contribution < 1.29 is 4.42 Å². The zero-order valence-corrected chi connectivity index (χ0v) is 29.8. The average Bonchev–Trinajstić information content (AvgIpc) is 3.70. The van der Waals surface area contributed by atoms with Crippen LogP contribution in [0.2, 0.25) is 0 Å². The third-order valence-corrected chi connectivity index (χ3v) is 11.1. The summed E-state index contributed by atoms with van der Waals surface area (Å²) in [6.45, 7) is 4.69. The van der Waals surface area contributed by atoms with Crippen LogP contribution < -0.4 is 4.90 Å². The molecule has 0 atom stereocenters. The summed E-state index contributed by atoms with van der Waals surface area (Å²) in [6.07, 6.45) is 0. The van der Waals surface area contributed by atoms with Crippen molar-refractivity contribution in [1.29, 1.82) is 0 Å². The Morgan fingerprint density at radius 3 is 1.74 bits per heavy atom. The van der Waals surface area contributed by atoms with Crippen molar-refractivity contribution in [3.63, 3.8) is 0 Å². The van der Waals surface area contributed by atoms with Gasteiger partial charge in [0.15, 0.2) is 0 Å². The summed E-state index contributed by atoms with van der Waals surface area (Å²) in [7, 11) is 0. The lowest BCUT2D eigenvalue weighted by molar-refractivity contribution is 0.660. The van der Waals surface area contributed by atoms with Gasteiger partial charge in [0.25, 0.3) is 0 Å². The summed E-state index contributed by atoms with van der Waals surface area (Å²) in [5.74, 6) is 0. The van der Waals surface area contributed by atoms with Crippen LogP contribution in [0.4, 0.5) is 17.1 Å². The third kappa shape index (κ3) is 5.18. The number of furan rings is 1. The highest BCUT2D eigenvalue weighted by Crippen LogP contribution is 2.51. The summed E-state index contributed by atoms with van der Waals surface area (Å²) in [6, 6.07) is 67.9. The molecule has 0 unspecified atom stereocenters. The van der Waals surface area contributed by atoms with E-state index in [0.717, 1.165) is 50.1 Å². The summed E-state index contributed by atoms with van der Waals surface area (Å²) in [5.41, 5.74) is 17.3. The molecule has 0 aliphatic heterocycles. The van der Waals surface area contributed by atoms with Gasteiger partial charge in [-0.05, 0) is 92.5 Å². The molecular weight excluding hydrogens is 643 g/mol. The molecule has 1 aliphatic rings. The zero-order valence-electron chi connectivity index (χ0n) is 29.8. The number of hydrogen-bond acceptors (Lipinski definition) is 2. The molecule has 1 aliphatic carbocycles. The second-order valence-electron chi connectivity index (χ2n) is 14.6. The molecule has 2 heteroatoms. The Hall–Kier alpha value is -6.64. The van der Waals surface area contributed by atoms with Crippen molar-refractivity contribution in [3.05, 3.63) is 199 Å². The fraction of sp³-hybridized carbons (Fsp3) is 0.0588. The van der Waals surface area contributed by atoms with Gasteiger partial charge in [0.05, 0.1) is 5.69 Å². The van der Waals surface area contributed by atoms with Gasteiger partial charge in [-0.2, -0.15) is 0 Å². The van der Waals surface area contributed by atoms with E-state index in [4.69, 9.17) is 4.42 Å². The second-order valence-corrected chi connectivity index (χ2v) is 14.6. The lowest BCUT2D eigenvalue weighted by Crippen LogP contribution is -2.17. The summed E-state index contributed by atoms with van der Waals surface area (Å²) in [5, 5.41) is 2.25. The van der Waals surface area contributed by atoms with Gasteiger partial charge >= 0.3 is 0 Å². The van der Waals surface area contributed by atoms with Gasteiger partial charge in [0.1, 0.15) is 11.2 Å². The van der Waals surface area contributed by atoms with Gasteiger partial charge in [-0.3, -0.25) is 0 Å². The van der Waals surface area contributed by atoms with Crippen LogP contribution in [0.3, 0.4) is 0 Å². The third-order valence-electron chi connectivity index (χ3n) is 11.1. The number of rotatable bonds is 6. The SMILES string of the molecule is CC1(C)c2ccccc2-c2ccc(N(c3ccc4c(c3)oc3ccccc34)c3ccc(-c4ccc(-c5ccccc5)cc4)cc3-c3ccccc3)cc21. The van der Waals surface area contributed by atoms with Crippen molar-refractivity contribution in [2.24, 2.45) is 0 Å². The van der Waals surface area contributed by atoms with Crippen molar-refractivity contribution >= 4 is 39.0 Å². The number of para-hydroxylation sites is 1. The Balaban J connectivity index is 1.17. The van der Waals surface area contributed by atoms with Gasteiger partial charge in [-0.25, -0.2) is 0 Å². The van der Waals surface area contributed by atoms with Gasteiger partial charge in [-0.1, -0.05) is 153 Å². The van der Waals surface area contributed by atoms with Crippen molar-refractivity contribution in [2.45, 2.75) is 19.3 Å². The molecule has 252 valence electrons. The molecule has 0 saturated carbocycles. The molecular formula is C51H37NO. The molecule has 0 saturated heterocycles. The molecule has 1 aromatic heterocycles.